The van der Waals surface area contributed by atoms with Crippen LogP contribution < -0.4 is 16.4 Å². The maximum atomic E-state index is 11.0. The van der Waals surface area contributed by atoms with Crippen LogP contribution in [0.3, 0.4) is 0 Å². The van der Waals surface area contributed by atoms with Crippen molar-refractivity contribution in [2.45, 2.75) is 25.1 Å². The fourth-order valence-corrected chi connectivity index (χ4v) is 1.79. The van der Waals surface area contributed by atoms with Crippen LogP contribution in [-0.2, 0) is 9.53 Å². The number of alkyl carbamates (subject to hydrolysis) is 1. The Labute approximate surface area is 134 Å². The summed E-state index contributed by atoms with van der Waals surface area (Å²) >= 11 is 0. The predicted octanol–water partition coefficient (Wildman–Crippen LogP) is -0.00180. The SMILES string of the molecule is CCNC(=O)OC1CNC(=O)N1C.NC1(C(=O)O)C=CC=CC1. The molecule has 128 valence electrons. The third-order valence-electron chi connectivity index (χ3n) is 3.24. The molecule has 0 spiro atoms. The molecule has 1 heterocycles. The minimum Gasteiger partial charge on any atom is -0.480 e. The number of likely N-dealkylation sites (N-methyl/N-ethyl adjacent to an activating group) is 1. The number of carbonyl (C=O) groups is 3. The van der Waals surface area contributed by atoms with Gasteiger partial charge in [-0.05, 0) is 13.3 Å². The number of rotatable bonds is 3. The number of carboxylic acid groups (broad SMARTS) is 1. The summed E-state index contributed by atoms with van der Waals surface area (Å²) in [6.45, 7) is 2.64. The molecule has 0 aromatic rings. The third-order valence-corrected chi connectivity index (χ3v) is 3.24. The van der Waals surface area contributed by atoms with Gasteiger partial charge in [-0.15, -0.1) is 0 Å². The van der Waals surface area contributed by atoms with Crippen LogP contribution in [0.4, 0.5) is 9.59 Å². The van der Waals surface area contributed by atoms with Gasteiger partial charge in [-0.25, -0.2) is 14.4 Å². The second-order valence-electron chi connectivity index (χ2n) is 5.02. The largest absolute Gasteiger partial charge is 0.480 e. The summed E-state index contributed by atoms with van der Waals surface area (Å²) in [5.41, 5.74) is 4.29. The first-order valence-corrected chi connectivity index (χ1v) is 7.12. The number of ether oxygens (including phenoxy) is 1. The maximum absolute atomic E-state index is 11.0. The fourth-order valence-electron chi connectivity index (χ4n) is 1.79. The predicted molar refractivity (Wildman–Crippen MR) is 82.6 cm³/mol. The van der Waals surface area contributed by atoms with Gasteiger partial charge >= 0.3 is 18.1 Å². The van der Waals surface area contributed by atoms with Crippen LogP contribution in [0.5, 0.6) is 0 Å². The molecule has 0 radical (unpaired) electrons. The van der Waals surface area contributed by atoms with Crippen LogP contribution in [0.2, 0.25) is 0 Å². The lowest BCUT2D eigenvalue weighted by atomic mass is 9.93. The number of allylic oxidation sites excluding steroid dienone is 2. The van der Waals surface area contributed by atoms with E-state index in [0.29, 0.717) is 19.5 Å². The summed E-state index contributed by atoms with van der Waals surface area (Å²) in [6, 6.07) is -0.228. The first kappa shape index (κ1) is 18.5. The lowest BCUT2D eigenvalue weighted by Gasteiger charge is -2.20. The van der Waals surface area contributed by atoms with E-state index in [2.05, 4.69) is 10.6 Å². The molecule has 2 aliphatic rings. The first-order valence-electron chi connectivity index (χ1n) is 7.12. The Morgan fingerprint density at radius 2 is 2.26 bits per heavy atom. The van der Waals surface area contributed by atoms with Gasteiger partial charge in [-0.1, -0.05) is 24.3 Å². The molecule has 5 N–H and O–H groups in total. The van der Waals surface area contributed by atoms with Crippen LogP contribution in [0, 0.1) is 0 Å². The van der Waals surface area contributed by atoms with Crippen molar-refractivity contribution in [1.82, 2.24) is 15.5 Å². The Kier molecular flexibility index (Phi) is 6.58. The number of urea groups is 1. The van der Waals surface area contributed by atoms with E-state index in [-0.39, 0.29) is 6.03 Å². The first-order chi connectivity index (χ1) is 10.8. The summed E-state index contributed by atoms with van der Waals surface area (Å²) < 4.78 is 4.93. The van der Waals surface area contributed by atoms with E-state index in [1.165, 1.54) is 11.0 Å². The molecular weight excluding hydrogens is 304 g/mol. The van der Waals surface area contributed by atoms with Gasteiger partial charge in [0.1, 0.15) is 5.54 Å². The number of aliphatic carboxylic acids is 1. The van der Waals surface area contributed by atoms with Crippen molar-refractivity contribution in [1.29, 1.82) is 0 Å². The molecule has 1 saturated heterocycles. The molecule has 0 aromatic carbocycles. The van der Waals surface area contributed by atoms with E-state index < -0.39 is 23.8 Å². The zero-order chi connectivity index (χ0) is 17.5. The van der Waals surface area contributed by atoms with Gasteiger partial charge in [0.2, 0.25) is 0 Å². The number of carbonyl (C=O) groups excluding carboxylic acids is 2. The van der Waals surface area contributed by atoms with Gasteiger partial charge in [0.05, 0.1) is 6.54 Å². The molecule has 3 amide bonds. The zero-order valence-electron chi connectivity index (χ0n) is 13.1. The molecule has 1 aliphatic heterocycles. The van der Waals surface area contributed by atoms with Gasteiger partial charge in [0, 0.05) is 13.6 Å². The smallest absolute Gasteiger partial charge is 0.409 e. The monoisotopic (exact) mass is 326 g/mol. The van der Waals surface area contributed by atoms with Gasteiger partial charge in [-0.2, -0.15) is 0 Å². The Bertz CT molecular complexity index is 519. The zero-order valence-corrected chi connectivity index (χ0v) is 13.1. The third kappa shape index (κ3) is 5.29. The standard InChI is InChI=1S/C7H13N3O3.C7H9NO2/c1-3-8-7(12)13-5-4-9-6(11)10(5)2;8-7(6(9)10)4-2-1-3-5-7/h5H,3-4H2,1-2H3,(H,8,12)(H,9,11);1-4H,5,8H2,(H,9,10). The van der Waals surface area contributed by atoms with E-state index in [9.17, 15) is 14.4 Å². The average Bonchev–Trinajstić information content (AvgIpc) is 2.81. The highest BCUT2D eigenvalue weighted by atomic mass is 16.6. The number of nitrogens with one attached hydrogen (secondary N) is 2. The molecule has 1 fully saturated rings. The minimum absolute atomic E-state index is 0.228. The van der Waals surface area contributed by atoms with Crippen LogP contribution in [0.15, 0.2) is 24.3 Å². The summed E-state index contributed by atoms with van der Waals surface area (Å²) in [4.78, 5) is 33.7. The van der Waals surface area contributed by atoms with Crippen molar-refractivity contribution < 1.29 is 24.2 Å². The molecule has 0 bridgehead atoms. The van der Waals surface area contributed by atoms with Gasteiger partial charge in [0.25, 0.3) is 0 Å². The molecule has 0 aromatic heterocycles. The number of hydrogen-bond acceptors (Lipinski definition) is 5. The lowest BCUT2D eigenvalue weighted by Crippen LogP contribution is -2.46. The Balaban J connectivity index is 0.000000238. The number of amides is 3. The second kappa shape index (κ2) is 8.18. The van der Waals surface area contributed by atoms with Crippen LogP contribution >= 0.6 is 0 Å². The van der Waals surface area contributed by atoms with E-state index in [1.807, 2.05) is 0 Å². The highest BCUT2D eigenvalue weighted by molar-refractivity contribution is 5.81. The number of nitrogens with zero attached hydrogens (tertiary/aromatic N) is 1. The van der Waals surface area contributed by atoms with Crippen LogP contribution in [-0.4, -0.2) is 60.0 Å². The van der Waals surface area contributed by atoms with Gasteiger partial charge in [0.15, 0.2) is 6.23 Å². The molecule has 2 atom stereocenters. The van der Waals surface area contributed by atoms with E-state index in [0.717, 1.165) is 0 Å². The van der Waals surface area contributed by atoms with Crippen molar-refractivity contribution >= 4 is 18.1 Å². The number of nitrogens with two attached hydrogens (primary N) is 1. The minimum atomic E-state index is -1.17. The molecule has 9 heteroatoms. The number of carboxylic acids is 1. The molecule has 23 heavy (non-hydrogen) atoms. The molecule has 1 aliphatic carbocycles. The molecular formula is C14H22N4O5. The molecule has 9 nitrogen and oxygen atoms in total. The van der Waals surface area contributed by atoms with E-state index in [4.69, 9.17) is 15.6 Å². The van der Waals surface area contributed by atoms with E-state index in [1.54, 1.807) is 32.2 Å². The topological polar surface area (TPSA) is 134 Å². The van der Waals surface area contributed by atoms with Crippen molar-refractivity contribution in [3.05, 3.63) is 24.3 Å². The highest BCUT2D eigenvalue weighted by Crippen LogP contribution is 2.13. The average molecular weight is 326 g/mol. The Morgan fingerprint density at radius 3 is 2.65 bits per heavy atom. The van der Waals surface area contributed by atoms with Crippen LogP contribution in [0.25, 0.3) is 0 Å². The summed E-state index contributed by atoms with van der Waals surface area (Å²) in [5, 5.41) is 13.6. The van der Waals surface area contributed by atoms with E-state index >= 15 is 0 Å². The molecule has 0 saturated carbocycles. The summed E-state index contributed by atoms with van der Waals surface area (Å²) in [5.74, 6) is -0.979. The Morgan fingerprint density at radius 1 is 1.57 bits per heavy atom. The Hall–Kier alpha value is -2.55. The van der Waals surface area contributed by atoms with Crippen molar-refractivity contribution in [2.75, 3.05) is 20.1 Å². The van der Waals surface area contributed by atoms with Gasteiger partial charge < -0.3 is 26.2 Å². The quantitative estimate of drug-likeness (QED) is 0.577. The highest BCUT2D eigenvalue weighted by Gasteiger charge is 2.30. The summed E-state index contributed by atoms with van der Waals surface area (Å²) in [7, 11) is 1.58. The van der Waals surface area contributed by atoms with Crippen LogP contribution in [0.1, 0.15) is 13.3 Å². The molecule has 2 rings (SSSR count). The lowest BCUT2D eigenvalue weighted by molar-refractivity contribution is -0.141. The normalized spacial score (nSPS) is 25.3. The van der Waals surface area contributed by atoms with Crippen molar-refractivity contribution in [3.8, 4) is 0 Å². The fraction of sp³-hybridized carbons (Fsp3) is 0.500. The number of hydrogen-bond donors (Lipinski definition) is 4. The van der Waals surface area contributed by atoms with Crippen molar-refractivity contribution in [3.63, 3.8) is 0 Å². The maximum Gasteiger partial charge on any atom is 0.409 e. The summed E-state index contributed by atoms with van der Waals surface area (Å²) in [6.07, 6.45) is 6.04. The van der Waals surface area contributed by atoms with Gasteiger partial charge in [-0.3, -0.25) is 4.90 Å². The second-order valence-corrected chi connectivity index (χ2v) is 5.02. The van der Waals surface area contributed by atoms with Crippen molar-refractivity contribution in [2.24, 2.45) is 5.73 Å². The molecule has 2 unspecified atom stereocenters.